The summed E-state index contributed by atoms with van der Waals surface area (Å²) in [6.45, 7) is 0.271. The van der Waals surface area contributed by atoms with Gasteiger partial charge in [0.2, 0.25) is 5.91 Å². The molecular formula is C17H19N3O3. The van der Waals surface area contributed by atoms with Gasteiger partial charge in [0.1, 0.15) is 11.3 Å². The van der Waals surface area contributed by atoms with Gasteiger partial charge in [0, 0.05) is 13.0 Å². The highest BCUT2D eigenvalue weighted by atomic mass is 16.5. The SMILES string of the molecule is N#CC1(NC(=O)CCN2C(=O)COc3ccccc32)CCCC1. The zero-order valence-electron chi connectivity index (χ0n) is 12.9. The largest absolute Gasteiger partial charge is 0.482 e. The number of fused-ring (bicyclic) bond motifs is 1. The number of amides is 2. The van der Waals surface area contributed by atoms with Gasteiger partial charge < -0.3 is 15.0 Å². The summed E-state index contributed by atoms with van der Waals surface area (Å²) in [6, 6.07) is 9.52. The van der Waals surface area contributed by atoms with Crippen LogP contribution < -0.4 is 15.0 Å². The molecule has 120 valence electrons. The second-order valence-electron chi connectivity index (χ2n) is 6.00. The molecule has 0 aromatic heterocycles. The fraction of sp³-hybridized carbons (Fsp3) is 0.471. The van der Waals surface area contributed by atoms with Gasteiger partial charge in [-0.2, -0.15) is 5.26 Å². The lowest BCUT2D eigenvalue weighted by Gasteiger charge is -2.29. The first-order chi connectivity index (χ1) is 11.1. The predicted octanol–water partition coefficient (Wildman–Crippen LogP) is 1.75. The maximum absolute atomic E-state index is 12.2. The molecule has 1 aromatic carbocycles. The number of anilines is 1. The van der Waals surface area contributed by atoms with Crippen LogP contribution in [0.4, 0.5) is 5.69 Å². The van der Waals surface area contributed by atoms with Crippen LogP contribution in [0.5, 0.6) is 5.75 Å². The van der Waals surface area contributed by atoms with Gasteiger partial charge in [-0.15, -0.1) is 0 Å². The Kier molecular flexibility index (Phi) is 4.20. The van der Waals surface area contributed by atoms with Gasteiger partial charge in [-0.3, -0.25) is 9.59 Å². The van der Waals surface area contributed by atoms with Crippen LogP contribution in [0.3, 0.4) is 0 Å². The molecule has 0 radical (unpaired) electrons. The molecule has 1 aliphatic heterocycles. The topological polar surface area (TPSA) is 82.4 Å². The summed E-state index contributed by atoms with van der Waals surface area (Å²) in [4.78, 5) is 25.8. The van der Waals surface area contributed by atoms with E-state index in [-0.39, 0.29) is 31.4 Å². The standard InChI is InChI=1S/C17H19N3O3/c18-12-17(8-3-4-9-17)19-15(21)7-10-20-13-5-1-2-6-14(13)23-11-16(20)22/h1-2,5-6H,3-4,7-11H2,(H,19,21). The Morgan fingerprint density at radius 2 is 2.09 bits per heavy atom. The summed E-state index contributed by atoms with van der Waals surface area (Å²) in [6.07, 6.45) is 3.50. The van der Waals surface area contributed by atoms with Crippen molar-refractivity contribution in [3.8, 4) is 11.8 Å². The van der Waals surface area contributed by atoms with E-state index in [1.165, 1.54) is 0 Å². The lowest BCUT2D eigenvalue weighted by Crippen LogP contribution is -2.47. The Morgan fingerprint density at radius 1 is 1.35 bits per heavy atom. The first-order valence-electron chi connectivity index (χ1n) is 7.88. The van der Waals surface area contributed by atoms with E-state index in [9.17, 15) is 14.9 Å². The van der Waals surface area contributed by atoms with Crippen molar-refractivity contribution in [2.75, 3.05) is 18.1 Å². The fourth-order valence-electron chi connectivity index (χ4n) is 3.19. The van der Waals surface area contributed by atoms with Crippen molar-refractivity contribution in [1.29, 1.82) is 5.26 Å². The van der Waals surface area contributed by atoms with Gasteiger partial charge in [-0.1, -0.05) is 12.1 Å². The number of ether oxygens (including phenoxy) is 1. The minimum Gasteiger partial charge on any atom is -0.482 e. The maximum Gasteiger partial charge on any atom is 0.265 e. The Bertz CT molecular complexity index is 659. The highest BCUT2D eigenvalue weighted by Crippen LogP contribution is 2.32. The Hall–Kier alpha value is -2.55. The van der Waals surface area contributed by atoms with Gasteiger partial charge in [-0.05, 0) is 37.8 Å². The predicted molar refractivity (Wildman–Crippen MR) is 83.9 cm³/mol. The molecule has 0 atom stereocenters. The quantitative estimate of drug-likeness (QED) is 0.918. The molecule has 1 heterocycles. The number of nitrogens with one attached hydrogen (secondary N) is 1. The van der Waals surface area contributed by atoms with Crippen molar-refractivity contribution >= 4 is 17.5 Å². The zero-order valence-corrected chi connectivity index (χ0v) is 12.9. The molecule has 0 spiro atoms. The molecular weight excluding hydrogens is 294 g/mol. The number of hydrogen-bond donors (Lipinski definition) is 1. The number of carbonyl (C=O) groups excluding carboxylic acids is 2. The second kappa shape index (κ2) is 6.29. The number of rotatable bonds is 4. The number of carbonyl (C=O) groups is 2. The summed E-state index contributed by atoms with van der Waals surface area (Å²) >= 11 is 0. The number of benzene rings is 1. The number of nitrogens with zero attached hydrogens (tertiary/aromatic N) is 2. The lowest BCUT2D eigenvalue weighted by molar-refractivity contribution is -0.122. The number of nitriles is 1. The van der Waals surface area contributed by atoms with Crippen LogP contribution in [0, 0.1) is 11.3 Å². The zero-order chi connectivity index (χ0) is 16.3. The van der Waals surface area contributed by atoms with Crippen LogP contribution in [0.2, 0.25) is 0 Å². The number of para-hydroxylation sites is 2. The van der Waals surface area contributed by atoms with Gasteiger partial charge >= 0.3 is 0 Å². The van der Waals surface area contributed by atoms with Crippen LogP contribution in [0.1, 0.15) is 32.1 Å². The Balaban J connectivity index is 1.63. The smallest absolute Gasteiger partial charge is 0.265 e. The molecule has 1 N–H and O–H groups in total. The monoisotopic (exact) mass is 313 g/mol. The third-order valence-electron chi connectivity index (χ3n) is 4.42. The fourth-order valence-corrected chi connectivity index (χ4v) is 3.19. The molecule has 0 saturated heterocycles. The van der Waals surface area contributed by atoms with Crippen molar-refractivity contribution in [2.45, 2.75) is 37.6 Å². The van der Waals surface area contributed by atoms with E-state index in [2.05, 4.69) is 11.4 Å². The van der Waals surface area contributed by atoms with E-state index in [1.54, 1.807) is 17.0 Å². The normalized spacial score (nSPS) is 18.7. The van der Waals surface area contributed by atoms with Crippen LogP contribution in [0.25, 0.3) is 0 Å². The van der Waals surface area contributed by atoms with Gasteiger partial charge in [-0.25, -0.2) is 0 Å². The van der Waals surface area contributed by atoms with Crippen molar-refractivity contribution in [3.05, 3.63) is 24.3 Å². The van der Waals surface area contributed by atoms with Gasteiger partial charge in [0.15, 0.2) is 6.61 Å². The third-order valence-corrected chi connectivity index (χ3v) is 4.42. The molecule has 3 rings (SSSR count). The van der Waals surface area contributed by atoms with E-state index in [1.807, 2.05) is 12.1 Å². The molecule has 23 heavy (non-hydrogen) atoms. The van der Waals surface area contributed by atoms with E-state index in [0.29, 0.717) is 24.3 Å². The van der Waals surface area contributed by atoms with Crippen molar-refractivity contribution in [3.63, 3.8) is 0 Å². The molecule has 1 fully saturated rings. The second-order valence-corrected chi connectivity index (χ2v) is 6.00. The molecule has 6 nitrogen and oxygen atoms in total. The van der Waals surface area contributed by atoms with Crippen LogP contribution >= 0.6 is 0 Å². The summed E-state index contributed by atoms with van der Waals surface area (Å²) in [5.74, 6) is 0.300. The molecule has 0 bridgehead atoms. The van der Waals surface area contributed by atoms with E-state index >= 15 is 0 Å². The van der Waals surface area contributed by atoms with Crippen molar-refractivity contribution in [1.82, 2.24) is 5.32 Å². The Labute approximate surface area is 135 Å². The molecule has 1 aromatic rings. The minimum absolute atomic E-state index is 0.0131. The van der Waals surface area contributed by atoms with E-state index in [0.717, 1.165) is 12.8 Å². The summed E-state index contributed by atoms with van der Waals surface area (Å²) < 4.78 is 5.38. The van der Waals surface area contributed by atoms with Gasteiger partial charge in [0.05, 0.1) is 11.8 Å². The van der Waals surface area contributed by atoms with Crippen LogP contribution in [-0.2, 0) is 9.59 Å². The highest BCUT2D eigenvalue weighted by Gasteiger charge is 2.35. The van der Waals surface area contributed by atoms with Crippen molar-refractivity contribution in [2.24, 2.45) is 0 Å². The summed E-state index contributed by atoms with van der Waals surface area (Å²) in [5, 5.41) is 12.2. The van der Waals surface area contributed by atoms with E-state index in [4.69, 9.17) is 4.74 Å². The lowest BCUT2D eigenvalue weighted by atomic mass is 10.00. The van der Waals surface area contributed by atoms with Crippen molar-refractivity contribution < 1.29 is 14.3 Å². The third kappa shape index (κ3) is 3.14. The summed E-state index contributed by atoms with van der Waals surface area (Å²) in [5.41, 5.74) is -0.0308. The number of hydrogen-bond acceptors (Lipinski definition) is 4. The first kappa shape index (κ1) is 15.3. The average Bonchev–Trinajstić information content (AvgIpc) is 3.03. The van der Waals surface area contributed by atoms with Gasteiger partial charge in [0.25, 0.3) is 5.91 Å². The van der Waals surface area contributed by atoms with Crippen LogP contribution in [0.15, 0.2) is 24.3 Å². The highest BCUT2D eigenvalue weighted by molar-refractivity contribution is 5.98. The summed E-state index contributed by atoms with van der Waals surface area (Å²) in [7, 11) is 0. The molecule has 1 saturated carbocycles. The molecule has 0 unspecified atom stereocenters. The molecule has 2 amide bonds. The van der Waals surface area contributed by atoms with Crippen LogP contribution in [-0.4, -0.2) is 30.5 Å². The van der Waals surface area contributed by atoms with E-state index < -0.39 is 5.54 Å². The molecule has 6 heteroatoms. The molecule has 1 aliphatic carbocycles. The maximum atomic E-state index is 12.2. The average molecular weight is 313 g/mol. The Morgan fingerprint density at radius 3 is 2.83 bits per heavy atom. The minimum atomic E-state index is -0.718. The first-order valence-corrected chi connectivity index (χ1v) is 7.88. The molecule has 2 aliphatic rings.